The maximum atomic E-state index is 13.3. The Morgan fingerprint density at radius 2 is 1.89 bits per heavy atom. The van der Waals surface area contributed by atoms with E-state index in [4.69, 9.17) is 4.52 Å². The minimum absolute atomic E-state index is 0.00427. The molecule has 1 aromatic carbocycles. The first kappa shape index (κ1) is 17.9. The van der Waals surface area contributed by atoms with Crippen molar-refractivity contribution >= 4 is 21.1 Å². The first-order chi connectivity index (χ1) is 13.4. The fraction of sp³-hybridized carbons (Fsp3) is 0.500. The van der Waals surface area contributed by atoms with Gasteiger partial charge in [0.05, 0.1) is 11.2 Å². The van der Waals surface area contributed by atoms with Gasteiger partial charge in [0.15, 0.2) is 0 Å². The lowest BCUT2D eigenvalue weighted by Crippen LogP contribution is -2.32. The molecule has 2 aliphatic rings. The highest BCUT2D eigenvalue weighted by Gasteiger charge is 2.31. The van der Waals surface area contributed by atoms with Crippen molar-refractivity contribution in [2.24, 2.45) is 0 Å². The molecule has 5 rings (SSSR count). The van der Waals surface area contributed by atoms with Gasteiger partial charge in [0, 0.05) is 17.5 Å². The molecule has 2 N–H and O–H groups in total. The number of fused-ring (bicyclic) bond motifs is 1. The summed E-state index contributed by atoms with van der Waals surface area (Å²) in [5.74, 6) is 1.96. The maximum absolute atomic E-state index is 13.3. The molecular formula is C20H24N4O3S. The van der Waals surface area contributed by atoms with Crippen LogP contribution in [0.2, 0.25) is 0 Å². The molecule has 0 unspecified atom stereocenters. The smallest absolute Gasteiger partial charge is 0.243 e. The Bertz CT molecular complexity index is 1130. The minimum Gasteiger partial charge on any atom is -0.361 e. The van der Waals surface area contributed by atoms with Crippen LogP contribution in [0.1, 0.15) is 61.7 Å². The molecule has 2 aromatic heterocycles. The molecule has 8 heteroatoms. The molecule has 0 atom stereocenters. The number of rotatable bonds is 5. The molecule has 2 aliphatic carbocycles. The van der Waals surface area contributed by atoms with Crippen molar-refractivity contribution < 1.29 is 12.9 Å². The summed E-state index contributed by atoms with van der Waals surface area (Å²) in [7, 11) is -3.69. The predicted octanol–water partition coefficient (Wildman–Crippen LogP) is 3.93. The normalized spacial score (nSPS) is 18.4. The van der Waals surface area contributed by atoms with Gasteiger partial charge < -0.3 is 9.51 Å². The third kappa shape index (κ3) is 3.04. The molecular weight excluding hydrogens is 376 g/mol. The van der Waals surface area contributed by atoms with Crippen LogP contribution in [0.5, 0.6) is 0 Å². The van der Waals surface area contributed by atoms with Crippen LogP contribution in [0.4, 0.5) is 0 Å². The molecule has 0 aliphatic heterocycles. The highest BCUT2D eigenvalue weighted by atomic mass is 32.2. The van der Waals surface area contributed by atoms with E-state index in [1.165, 1.54) is 0 Å². The number of H-pyrrole nitrogens is 1. The van der Waals surface area contributed by atoms with Gasteiger partial charge in [-0.25, -0.2) is 18.1 Å². The number of nitrogens with zero attached hydrogens (tertiary/aromatic N) is 2. The highest BCUT2D eigenvalue weighted by molar-refractivity contribution is 7.89. The highest BCUT2D eigenvalue weighted by Crippen LogP contribution is 2.41. The molecule has 0 saturated heterocycles. The monoisotopic (exact) mass is 400 g/mol. The third-order valence-electron chi connectivity index (χ3n) is 5.82. The van der Waals surface area contributed by atoms with Crippen LogP contribution in [0.15, 0.2) is 21.6 Å². The second-order valence-electron chi connectivity index (χ2n) is 8.07. The maximum Gasteiger partial charge on any atom is 0.243 e. The van der Waals surface area contributed by atoms with Crippen LogP contribution in [0.3, 0.4) is 0 Å². The first-order valence-corrected chi connectivity index (χ1v) is 11.4. The number of hydrogen-bond donors (Lipinski definition) is 2. The Morgan fingerprint density at radius 3 is 2.54 bits per heavy atom. The van der Waals surface area contributed by atoms with Crippen molar-refractivity contribution in [3.8, 4) is 11.1 Å². The molecule has 0 bridgehead atoms. The fourth-order valence-corrected chi connectivity index (χ4v) is 5.72. The lowest BCUT2D eigenvalue weighted by Gasteiger charge is -2.14. The standard InChI is InChI=1S/C20H24N4O3S/c1-11-18(12(2)27-23-11)14-9-16-19(22-20(21-16)13-7-8-13)17(10-14)28(25,26)24-15-5-3-4-6-15/h9-10,13,15,24H,3-8H2,1-2H3,(H,21,22). The number of sulfonamides is 1. The van der Waals surface area contributed by atoms with E-state index in [1.807, 2.05) is 19.9 Å². The summed E-state index contributed by atoms with van der Waals surface area (Å²) in [5, 5.41) is 4.03. The lowest BCUT2D eigenvalue weighted by atomic mass is 10.0. The van der Waals surface area contributed by atoms with Crippen LogP contribution in [-0.2, 0) is 10.0 Å². The van der Waals surface area contributed by atoms with Gasteiger partial charge in [-0.15, -0.1) is 0 Å². The fourth-order valence-electron chi connectivity index (χ4n) is 4.23. The third-order valence-corrected chi connectivity index (χ3v) is 7.36. The Kier molecular flexibility index (Phi) is 4.10. The topological polar surface area (TPSA) is 101 Å². The number of aryl methyl sites for hydroxylation is 2. The molecule has 2 heterocycles. The molecule has 2 fully saturated rings. The van der Waals surface area contributed by atoms with Crippen LogP contribution >= 0.6 is 0 Å². The molecule has 3 aromatic rings. The zero-order chi connectivity index (χ0) is 19.5. The second kappa shape index (κ2) is 6.42. The Balaban J connectivity index is 1.69. The van der Waals surface area contributed by atoms with Crippen LogP contribution < -0.4 is 4.72 Å². The van der Waals surface area contributed by atoms with E-state index in [2.05, 4.69) is 19.8 Å². The van der Waals surface area contributed by atoms with Gasteiger partial charge in [0.25, 0.3) is 0 Å². The molecule has 0 spiro atoms. The summed E-state index contributed by atoms with van der Waals surface area (Å²) in [5.41, 5.74) is 3.61. The van der Waals surface area contributed by atoms with Gasteiger partial charge in [0.1, 0.15) is 22.0 Å². The molecule has 0 amide bonds. The predicted molar refractivity (Wildman–Crippen MR) is 106 cm³/mol. The second-order valence-corrected chi connectivity index (χ2v) is 9.75. The van der Waals surface area contributed by atoms with Gasteiger partial charge >= 0.3 is 0 Å². The zero-order valence-electron chi connectivity index (χ0n) is 16.1. The van der Waals surface area contributed by atoms with Gasteiger partial charge in [-0.05, 0) is 57.2 Å². The average molecular weight is 401 g/mol. The Morgan fingerprint density at radius 1 is 1.14 bits per heavy atom. The van der Waals surface area contributed by atoms with Gasteiger partial charge in [-0.3, -0.25) is 0 Å². The summed E-state index contributed by atoms with van der Waals surface area (Å²) in [6, 6.07) is 3.67. The van der Waals surface area contributed by atoms with Crippen molar-refractivity contribution in [2.45, 2.75) is 69.2 Å². The Labute approximate surface area is 164 Å². The molecule has 28 heavy (non-hydrogen) atoms. The van der Waals surface area contributed by atoms with Gasteiger partial charge in [-0.2, -0.15) is 0 Å². The number of aromatic nitrogens is 3. The van der Waals surface area contributed by atoms with E-state index >= 15 is 0 Å². The number of nitrogens with one attached hydrogen (secondary N) is 2. The quantitative estimate of drug-likeness (QED) is 0.676. The average Bonchev–Trinajstić information content (AvgIpc) is 3.04. The number of hydrogen-bond acceptors (Lipinski definition) is 5. The summed E-state index contributed by atoms with van der Waals surface area (Å²) >= 11 is 0. The van der Waals surface area contributed by atoms with Crippen LogP contribution in [0.25, 0.3) is 22.2 Å². The SMILES string of the molecule is Cc1noc(C)c1-c1cc(S(=O)(=O)NC2CCCC2)c2nc(C3CC3)[nH]c2c1. The van der Waals surface area contributed by atoms with E-state index in [9.17, 15) is 8.42 Å². The van der Waals surface area contributed by atoms with E-state index in [-0.39, 0.29) is 10.9 Å². The van der Waals surface area contributed by atoms with E-state index in [1.54, 1.807) is 6.07 Å². The van der Waals surface area contributed by atoms with Gasteiger partial charge in [0.2, 0.25) is 10.0 Å². The molecule has 2 saturated carbocycles. The zero-order valence-corrected chi connectivity index (χ0v) is 16.9. The minimum atomic E-state index is -3.69. The molecule has 7 nitrogen and oxygen atoms in total. The van der Waals surface area contributed by atoms with Crippen LogP contribution in [-0.4, -0.2) is 29.6 Å². The van der Waals surface area contributed by atoms with Crippen molar-refractivity contribution in [1.29, 1.82) is 0 Å². The summed E-state index contributed by atoms with van der Waals surface area (Å²) in [6.45, 7) is 3.70. The Hall–Kier alpha value is -2.19. The number of benzene rings is 1. The summed E-state index contributed by atoms with van der Waals surface area (Å²) in [4.78, 5) is 8.25. The first-order valence-electron chi connectivity index (χ1n) is 9.91. The van der Waals surface area contributed by atoms with Crippen LogP contribution in [0, 0.1) is 13.8 Å². The van der Waals surface area contributed by atoms with Crippen molar-refractivity contribution in [1.82, 2.24) is 19.8 Å². The summed E-state index contributed by atoms with van der Waals surface area (Å²) in [6.07, 6.45) is 6.10. The largest absolute Gasteiger partial charge is 0.361 e. The van der Waals surface area contributed by atoms with E-state index in [0.29, 0.717) is 17.2 Å². The van der Waals surface area contributed by atoms with E-state index in [0.717, 1.165) is 66.7 Å². The van der Waals surface area contributed by atoms with Gasteiger partial charge in [-0.1, -0.05) is 18.0 Å². The number of imidazole rings is 1. The van der Waals surface area contributed by atoms with Crippen molar-refractivity contribution in [2.75, 3.05) is 0 Å². The van der Waals surface area contributed by atoms with E-state index < -0.39 is 10.0 Å². The summed E-state index contributed by atoms with van der Waals surface area (Å²) < 4.78 is 34.8. The molecule has 0 radical (unpaired) electrons. The van der Waals surface area contributed by atoms with Crippen molar-refractivity contribution in [3.63, 3.8) is 0 Å². The number of aromatic amines is 1. The molecule has 148 valence electrons. The lowest BCUT2D eigenvalue weighted by molar-refractivity contribution is 0.393. The van der Waals surface area contributed by atoms with Crippen molar-refractivity contribution in [3.05, 3.63) is 29.4 Å².